The Morgan fingerprint density at radius 1 is 1.09 bits per heavy atom. The van der Waals surface area contributed by atoms with Gasteiger partial charge in [0.1, 0.15) is 11.4 Å². The van der Waals surface area contributed by atoms with E-state index in [9.17, 15) is 22.8 Å². The van der Waals surface area contributed by atoms with Gasteiger partial charge in [-0.1, -0.05) is 12.1 Å². The van der Waals surface area contributed by atoms with E-state index in [2.05, 4.69) is 10.3 Å². The molecule has 0 atom stereocenters. The second kappa shape index (κ2) is 7.20. The fourth-order valence-corrected chi connectivity index (χ4v) is 4.87. The van der Waals surface area contributed by atoms with Gasteiger partial charge in [-0.05, 0) is 74.4 Å². The van der Waals surface area contributed by atoms with Crippen LogP contribution in [0.5, 0.6) is 0 Å². The highest BCUT2D eigenvalue weighted by Gasteiger charge is 2.64. The zero-order valence-corrected chi connectivity index (χ0v) is 18.5. The van der Waals surface area contributed by atoms with Crippen LogP contribution in [-0.2, 0) is 23.2 Å². The molecule has 1 aromatic heterocycles. The summed E-state index contributed by atoms with van der Waals surface area (Å²) in [5, 5.41) is 3.26. The maximum absolute atomic E-state index is 13.5. The van der Waals surface area contributed by atoms with Gasteiger partial charge in [0, 0.05) is 19.3 Å². The number of pyridine rings is 1. The minimum Gasteiger partial charge on any atom is -0.370 e. The van der Waals surface area contributed by atoms with Crippen LogP contribution in [0.3, 0.4) is 0 Å². The van der Waals surface area contributed by atoms with Gasteiger partial charge in [0.2, 0.25) is 0 Å². The lowest BCUT2D eigenvalue weighted by molar-refractivity contribution is -0.160. The van der Waals surface area contributed by atoms with Crippen molar-refractivity contribution in [1.82, 2.24) is 9.88 Å². The van der Waals surface area contributed by atoms with Crippen LogP contribution in [0.1, 0.15) is 49.8 Å². The molecule has 1 saturated carbocycles. The van der Waals surface area contributed by atoms with Gasteiger partial charge >= 0.3 is 12.2 Å². The molecule has 0 bridgehead atoms. The third-order valence-corrected chi connectivity index (χ3v) is 7.17. The maximum Gasteiger partial charge on any atom is 0.398 e. The molecule has 33 heavy (non-hydrogen) atoms. The van der Waals surface area contributed by atoms with Crippen LogP contribution in [-0.4, -0.2) is 40.1 Å². The Labute approximate surface area is 189 Å². The van der Waals surface area contributed by atoms with Gasteiger partial charge in [0.15, 0.2) is 0 Å². The number of aromatic nitrogens is 1. The number of urea groups is 1. The van der Waals surface area contributed by atoms with Crippen LogP contribution in [0.25, 0.3) is 0 Å². The first-order valence-corrected chi connectivity index (χ1v) is 11.1. The molecule has 6 nitrogen and oxygen atoms in total. The van der Waals surface area contributed by atoms with Crippen LogP contribution < -0.4 is 10.2 Å². The number of nitrogens with one attached hydrogen (secondary N) is 1. The second-order valence-corrected chi connectivity index (χ2v) is 9.52. The summed E-state index contributed by atoms with van der Waals surface area (Å²) in [7, 11) is 0. The van der Waals surface area contributed by atoms with Gasteiger partial charge < -0.3 is 10.2 Å². The van der Waals surface area contributed by atoms with Crippen molar-refractivity contribution in [1.29, 1.82) is 0 Å². The summed E-state index contributed by atoms with van der Waals surface area (Å²) in [6.07, 6.45) is -0.710. The van der Waals surface area contributed by atoms with Crippen LogP contribution in [0, 0.1) is 0 Å². The lowest BCUT2D eigenvalue weighted by atomic mass is 9.95. The lowest BCUT2D eigenvalue weighted by Crippen LogP contribution is -2.43. The first-order chi connectivity index (χ1) is 15.6. The molecule has 3 amide bonds. The second-order valence-electron chi connectivity index (χ2n) is 9.52. The first kappa shape index (κ1) is 21.7. The van der Waals surface area contributed by atoms with Crippen LogP contribution >= 0.6 is 0 Å². The van der Waals surface area contributed by atoms with Crippen LogP contribution in [0.15, 0.2) is 36.5 Å². The van der Waals surface area contributed by atoms with Crippen molar-refractivity contribution in [2.24, 2.45) is 0 Å². The standard InChI is InChI=1S/C24H25F3N4O2/c1-22(2)20(32)31(17-7-5-16(6-8-17)23(10-11-23)24(25,26)27)21(33)30(22)14-15-9-13-29-19-18(15)4-3-12-28-19/h5-9,13H,3-4,10-12,14H2,1-2H3,(H,28,29). The number of benzene rings is 1. The third-order valence-electron chi connectivity index (χ3n) is 7.17. The highest BCUT2D eigenvalue weighted by Crippen LogP contribution is 2.59. The molecule has 174 valence electrons. The molecule has 1 saturated heterocycles. The third kappa shape index (κ3) is 3.28. The lowest BCUT2D eigenvalue weighted by Gasteiger charge is -2.29. The Morgan fingerprint density at radius 2 is 1.79 bits per heavy atom. The van der Waals surface area contributed by atoms with Gasteiger partial charge in [-0.3, -0.25) is 4.79 Å². The molecule has 9 heteroatoms. The minimum atomic E-state index is -4.31. The molecular weight excluding hydrogens is 433 g/mol. The predicted octanol–water partition coefficient (Wildman–Crippen LogP) is 4.78. The summed E-state index contributed by atoms with van der Waals surface area (Å²) in [6.45, 7) is 4.47. The van der Waals surface area contributed by atoms with E-state index in [1.807, 2.05) is 6.07 Å². The Balaban J connectivity index is 1.43. The maximum atomic E-state index is 13.5. The number of fused-ring (bicyclic) bond motifs is 1. The average molecular weight is 458 g/mol. The summed E-state index contributed by atoms with van der Waals surface area (Å²) in [4.78, 5) is 33.6. The smallest absolute Gasteiger partial charge is 0.370 e. The Bertz CT molecular complexity index is 1120. The van der Waals surface area contributed by atoms with Crippen molar-refractivity contribution < 1.29 is 22.8 Å². The number of hydrogen-bond acceptors (Lipinski definition) is 4. The van der Waals surface area contributed by atoms with E-state index in [1.165, 1.54) is 29.2 Å². The molecule has 1 aromatic carbocycles. The number of alkyl halides is 3. The van der Waals surface area contributed by atoms with E-state index in [1.54, 1.807) is 20.0 Å². The number of anilines is 2. The Morgan fingerprint density at radius 3 is 2.42 bits per heavy atom. The van der Waals surface area contributed by atoms with Gasteiger partial charge in [0.05, 0.1) is 11.1 Å². The molecule has 1 aliphatic carbocycles. The number of halogens is 3. The minimum absolute atomic E-state index is 0.0589. The van der Waals surface area contributed by atoms with E-state index in [-0.39, 0.29) is 30.6 Å². The molecule has 0 unspecified atom stereocenters. The van der Waals surface area contributed by atoms with E-state index in [4.69, 9.17) is 0 Å². The summed E-state index contributed by atoms with van der Waals surface area (Å²) < 4.78 is 40.4. The quantitative estimate of drug-likeness (QED) is 0.670. The molecule has 2 aliphatic heterocycles. The monoisotopic (exact) mass is 458 g/mol. The predicted molar refractivity (Wildman–Crippen MR) is 117 cm³/mol. The summed E-state index contributed by atoms with van der Waals surface area (Å²) in [6, 6.07) is 7.03. The van der Waals surface area contributed by atoms with E-state index >= 15 is 0 Å². The number of carbonyl (C=O) groups is 2. The molecule has 1 N–H and O–H groups in total. The summed E-state index contributed by atoms with van der Waals surface area (Å²) >= 11 is 0. The summed E-state index contributed by atoms with van der Waals surface area (Å²) in [5.41, 5.74) is -0.475. The first-order valence-electron chi connectivity index (χ1n) is 11.1. The van der Waals surface area contributed by atoms with Gasteiger partial charge in [-0.2, -0.15) is 13.2 Å². The molecule has 5 rings (SSSR count). The fraction of sp³-hybridized carbons (Fsp3) is 0.458. The Hall–Kier alpha value is -3.10. The molecule has 0 spiro atoms. The van der Waals surface area contributed by atoms with Crippen molar-refractivity contribution in [3.05, 3.63) is 53.2 Å². The normalized spacial score (nSPS) is 21.1. The number of nitrogens with zero attached hydrogens (tertiary/aromatic N) is 3. The van der Waals surface area contributed by atoms with Gasteiger partial charge in [-0.15, -0.1) is 0 Å². The number of hydrogen-bond donors (Lipinski definition) is 1. The fourth-order valence-electron chi connectivity index (χ4n) is 4.87. The van der Waals surface area contributed by atoms with Gasteiger partial charge in [-0.25, -0.2) is 14.7 Å². The number of amides is 3. The molecular formula is C24H25F3N4O2. The van der Waals surface area contributed by atoms with Crippen molar-refractivity contribution >= 4 is 23.4 Å². The molecule has 0 radical (unpaired) electrons. The van der Waals surface area contributed by atoms with E-state index in [0.29, 0.717) is 0 Å². The van der Waals surface area contributed by atoms with Crippen molar-refractivity contribution in [2.75, 3.05) is 16.8 Å². The number of imide groups is 1. The van der Waals surface area contributed by atoms with Crippen molar-refractivity contribution in [2.45, 2.75) is 63.2 Å². The average Bonchev–Trinajstić information content (AvgIpc) is 3.57. The Kier molecular flexibility index (Phi) is 4.74. The number of rotatable bonds is 4. The van der Waals surface area contributed by atoms with E-state index in [0.717, 1.165) is 41.2 Å². The summed E-state index contributed by atoms with van der Waals surface area (Å²) in [5.74, 6) is 0.402. The highest BCUT2D eigenvalue weighted by molar-refractivity contribution is 6.22. The van der Waals surface area contributed by atoms with Crippen LogP contribution in [0.2, 0.25) is 0 Å². The topological polar surface area (TPSA) is 65.5 Å². The largest absolute Gasteiger partial charge is 0.398 e. The zero-order valence-electron chi connectivity index (χ0n) is 18.5. The van der Waals surface area contributed by atoms with Crippen LogP contribution in [0.4, 0.5) is 29.5 Å². The number of carbonyl (C=O) groups excluding carboxylic acids is 2. The molecule has 2 aromatic rings. The van der Waals surface area contributed by atoms with E-state index < -0.39 is 29.1 Å². The molecule has 3 heterocycles. The highest BCUT2D eigenvalue weighted by atomic mass is 19.4. The molecule has 3 aliphatic rings. The zero-order chi connectivity index (χ0) is 23.6. The van der Waals surface area contributed by atoms with Crippen molar-refractivity contribution in [3.63, 3.8) is 0 Å². The SMILES string of the molecule is CC1(C)C(=O)N(c2ccc(C3(C(F)(F)F)CC3)cc2)C(=O)N1Cc1ccnc2c1CCCN2. The van der Waals surface area contributed by atoms with Gasteiger partial charge in [0.25, 0.3) is 5.91 Å². The molecule has 2 fully saturated rings. The van der Waals surface area contributed by atoms with Crippen molar-refractivity contribution in [3.8, 4) is 0 Å².